The van der Waals surface area contributed by atoms with Crippen LogP contribution in [0.1, 0.15) is 13.3 Å². The van der Waals surface area contributed by atoms with E-state index in [1.807, 2.05) is 0 Å². The monoisotopic (exact) mass is 293 g/mol. The summed E-state index contributed by atoms with van der Waals surface area (Å²) < 4.78 is 0. The summed E-state index contributed by atoms with van der Waals surface area (Å²) in [6.45, 7) is -0.901. The fraction of sp³-hybridized carbons (Fsp3) is 0.600. The molecule has 0 saturated carbocycles. The highest BCUT2D eigenvalue weighted by atomic mass is 16.4. The summed E-state index contributed by atoms with van der Waals surface area (Å²) in [5, 5.41) is 45.2. The lowest BCUT2D eigenvalue weighted by Gasteiger charge is -2.35. The van der Waals surface area contributed by atoms with Crippen LogP contribution in [0.5, 0.6) is 0 Å². The van der Waals surface area contributed by atoms with Gasteiger partial charge in [-0.3, -0.25) is 19.3 Å². The maximum Gasteiger partial charge on any atom is 0.337 e. The van der Waals surface area contributed by atoms with E-state index in [1.165, 1.54) is 6.92 Å². The van der Waals surface area contributed by atoms with Crippen molar-refractivity contribution in [3.63, 3.8) is 0 Å². The van der Waals surface area contributed by atoms with E-state index in [0.717, 1.165) is 0 Å². The maximum absolute atomic E-state index is 11.2. The molecule has 10 heteroatoms. The van der Waals surface area contributed by atoms with Crippen LogP contribution in [0.4, 0.5) is 0 Å². The lowest BCUT2D eigenvalue weighted by atomic mass is 9.89. The largest absolute Gasteiger partial charge is 0.480 e. The molecule has 0 fully saturated rings. The molecule has 5 N–H and O–H groups in total. The van der Waals surface area contributed by atoms with Crippen LogP contribution in [0.25, 0.3) is 0 Å². The van der Waals surface area contributed by atoms with Crippen molar-refractivity contribution in [3.8, 4) is 0 Å². The molecule has 10 nitrogen and oxygen atoms in total. The molecule has 0 aromatic rings. The van der Waals surface area contributed by atoms with Crippen molar-refractivity contribution >= 4 is 23.9 Å². The minimum atomic E-state index is -2.81. The molecular weight excluding hydrogens is 278 g/mol. The number of hydrogen-bond donors (Lipinski definition) is 5. The van der Waals surface area contributed by atoms with E-state index in [1.54, 1.807) is 0 Å². The van der Waals surface area contributed by atoms with E-state index < -0.39 is 55.0 Å². The smallest absolute Gasteiger partial charge is 0.337 e. The SMILES string of the molecule is CCC(O)(C(=O)O)C(C(=O)O)N(CC(=O)O)CC(=O)O. The number of aliphatic carboxylic acids is 4. The van der Waals surface area contributed by atoms with Gasteiger partial charge in [0.25, 0.3) is 0 Å². The highest BCUT2D eigenvalue weighted by Crippen LogP contribution is 2.21. The molecule has 0 bridgehead atoms. The van der Waals surface area contributed by atoms with Crippen LogP contribution < -0.4 is 0 Å². The van der Waals surface area contributed by atoms with E-state index in [9.17, 15) is 24.3 Å². The fourth-order valence-corrected chi connectivity index (χ4v) is 1.71. The van der Waals surface area contributed by atoms with Gasteiger partial charge in [-0.2, -0.15) is 0 Å². The second-order valence-electron chi connectivity index (χ2n) is 4.02. The van der Waals surface area contributed by atoms with Crippen LogP contribution in [0.2, 0.25) is 0 Å². The number of nitrogens with zero attached hydrogens (tertiary/aromatic N) is 1. The van der Waals surface area contributed by atoms with Crippen LogP contribution in [0.3, 0.4) is 0 Å². The Hall–Kier alpha value is -2.20. The quantitative estimate of drug-likeness (QED) is 0.324. The lowest BCUT2D eigenvalue weighted by Crippen LogP contribution is -2.62. The Morgan fingerprint density at radius 2 is 1.40 bits per heavy atom. The fourth-order valence-electron chi connectivity index (χ4n) is 1.71. The van der Waals surface area contributed by atoms with Crippen LogP contribution in [0, 0.1) is 0 Å². The second kappa shape index (κ2) is 6.82. The molecular formula is C10H15NO9. The number of hydrogen-bond acceptors (Lipinski definition) is 6. The molecule has 0 rings (SSSR count). The minimum Gasteiger partial charge on any atom is -0.480 e. The van der Waals surface area contributed by atoms with Crippen molar-refractivity contribution in [2.24, 2.45) is 0 Å². The number of aliphatic hydroxyl groups is 1. The van der Waals surface area contributed by atoms with Crippen LogP contribution in [0.15, 0.2) is 0 Å². The molecule has 0 aliphatic rings. The second-order valence-corrected chi connectivity index (χ2v) is 4.02. The van der Waals surface area contributed by atoms with Crippen molar-refractivity contribution in [1.82, 2.24) is 4.90 Å². The van der Waals surface area contributed by atoms with Crippen LogP contribution in [-0.4, -0.2) is 79.0 Å². The standard InChI is InChI=1S/C10H15NO9/c1-2-10(20,9(18)19)7(8(16)17)11(3-5(12)13)4-6(14)15/h7,20H,2-4H2,1H3,(H,12,13)(H,14,15)(H,16,17)(H,18,19). The first kappa shape index (κ1) is 17.8. The predicted molar refractivity (Wildman–Crippen MR) is 61.1 cm³/mol. The molecule has 20 heavy (non-hydrogen) atoms. The summed E-state index contributed by atoms with van der Waals surface area (Å²) in [6, 6.07) is -2.21. The molecule has 0 aromatic carbocycles. The number of carboxylic acids is 4. The lowest BCUT2D eigenvalue weighted by molar-refractivity contribution is -0.179. The molecule has 0 heterocycles. The number of carboxylic acid groups (broad SMARTS) is 4. The van der Waals surface area contributed by atoms with Gasteiger partial charge >= 0.3 is 23.9 Å². The summed E-state index contributed by atoms with van der Waals surface area (Å²) in [7, 11) is 0. The van der Waals surface area contributed by atoms with Crippen molar-refractivity contribution in [2.75, 3.05) is 13.1 Å². The third kappa shape index (κ3) is 4.17. The Morgan fingerprint density at radius 3 is 1.60 bits per heavy atom. The molecule has 0 radical (unpaired) electrons. The van der Waals surface area contributed by atoms with Crippen molar-refractivity contribution in [1.29, 1.82) is 0 Å². The Kier molecular flexibility index (Phi) is 6.07. The first-order valence-electron chi connectivity index (χ1n) is 5.42. The highest BCUT2D eigenvalue weighted by molar-refractivity contribution is 5.89. The molecule has 0 saturated heterocycles. The van der Waals surface area contributed by atoms with Gasteiger partial charge in [-0.15, -0.1) is 0 Å². The molecule has 2 atom stereocenters. The average Bonchev–Trinajstić information content (AvgIpc) is 2.26. The third-order valence-corrected chi connectivity index (χ3v) is 2.64. The Bertz CT molecular complexity index is 405. The van der Waals surface area contributed by atoms with E-state index >= 15 is 0 Å². The highest BCUT2D eigenvalue weighted by Gasteiger charge is 2.51. The summed E-state index contributed by atoms with van der Waals surface area (Å²) in [5.41, 5.74) is -2.81. The van der Waals surface area contributed by atoms with Crippen LogP contribution in [-0.2, 0) is 19.2 Å². The minimum absolute atomic E-state index is 0.366. The van der Waals surface area contributed by atoms with E-state index in [4.69, 9.17) is 20.4 Å². The summed E-state index contributed by atoms with van der Waals surface area (Å²) in [6.07, 6.45) is -0.547. The Morgan fingerprint density at radius 1 is 1.00 bits per heavy atom. The summed E-state index contributed by atoms with van der Waals surface area (Å²) in [5.74, 6) is -6.82. The number of rotatable bonds is 9. The predicted octanol–water partition coefficient (Wildman–Crippen LogP) is -1.86. The molecule has 0 aliphatic carbocycles. The van der Waals surface area contributed by atoms with Crippen molar-refractivity contribution < 1.29 is 44.7 Å². The van der Waals surface area contributed by atoms with Crippen LogP contribution >= 0.6 is 0 Å². The molecule has 2 unspecified atom stereocenters. The van der Waals surface area contributed by atoms with Gasteiger partial charge in [0.1, 0.15) is 6.04 Å². The molecule has 0 aliphatic heterocycles. The van der Waals surface area contributed by atoms with Gasteiger partial charge in [-0.1, -0.05) is 6.92 Å². The summed E-state index contributed by atoms with van der Waals surface area (Å²) in [4.78, 5) is 43.9. The zero-order valence-corrected chi connectivity index (χ0v) is 10.5. The first-order valence-corrected chi connectivity index (χ1v) is 5.42. The van der Waals surface area contributed by atoms with E-state index in [-0.39, 0.29) is 0 Å². The molecule has 0 spiro atoms. The van der Waals surface area contributed by atoms with Gasteiger partial charge in [0, 0.05) is 0 Å². The number of carbonyl (C=O) groups is 4. The molecule has 0 aromatic heterocycles. The zero-order chi connectivity index (χ0) is 16.1. The average molecular weight is 293 g/mol. The van der Waals surface area contributed by atoms with Gasteiger partial charge in [-0.25, -0.2) is 4.79 Å². The van der Waals surface area contributed by atoms with Crippen molar-refractivity contribution in [3.05, 3.63) is 0 Å². The van der Waals surface area contributed by atoms with Gasteiger partial charge in [0.15, 0.2) is 5.60 Å². The Balaban J connectivity index is 5.68. The topological polar surface area (TPSA) is 173 Å². The van der Waals surface area contributed by atoms with E-state index in [2.05, 4.69) is 0 Å². The van der Waals surface area contributed by atoms with Gasteiger partial charge < -0.3 is 25.5 Å². The normalized spacial score (nSPS) is 15.3. The third-order valence-electron chi connectivity index (χ3n) is 2.64. The summed E-state index contributed by atoms with van der Waals surface area (Å²) >= 11 is 0. The van der Waals surface area contributed by atoms with Crippen molar-refractivity contribution in [2.45, 2.75) is 25.0 Å². The van der Waals surface area contributed by atoms with E-state index in [0.29, 0.717) is 4.90 Å². The zero-order valence-electron chi connectivity index (χ0n) is 10.5. The van der Waals surface area contributed by atoms with Gasteiger partial charge in [0.2, 0.25) is 0 Å². The first-order chi connectivity index (χ1) is 9.06. The Labute approximate surface area is 112 Å². The maximum atomic E-state index is 11.2. The van der Waals surface area contributed by atoms with Gasteiger partial charge in [0.05, 0.1) is 13.1 Å². The van der Waals surface area contributed by atoms with Gasteiger partial charge in [-0.05, 0) is 6.42 Å². The molecule has 114 valence electrons. The molecule has 0 amide bonds.